The van der Waals surface area contributed by atoms with E-state index in [1.165, 1.54) is 12.1 Å². The Morgan fingerprint density at radius 3 is 2.67 bits per heavy atom. The lowest BCUT2D eigenvalue weighted by molar-refractivity contribution is 0.632. The lowest BCUT2D eigenvalue weighted by atomic mass is 10.1. The van der Waals surface area contributed by atoms with Crippen LogP contribution in [0, 0.1) is 17.1 Å². The first-order chi connectivity index (χ1) is 8.61. The van der Waals surface area contributed by atoms with Crippen molar-refractivity contribution >= 4 is 28.7 Å². The summed E-state index contributed by atoms with van der Waals surface area (Å²) in [6.07, 6.45) is 0. The summed E-state index contributed by atoms with van der Waals surface area (Å²) in [5.74, 6) is -0.453. The predicted octanol–water partition coefficient (Wildman–Crippen LogP) is 3.68. The van der Waals surface area contributed by atoms with Crippen LogP contribution in [0.4, 0.5) is 21.5 Å². The monoisotopic (exact) mass is 261 g/mol. The average Bonchev–Trinajstić information content (AvgIpc) is 2.34. The molecule has 0 bridgehead atoms. The number of nitriles is 1. The maximum atomic E-state index is 13.6. The summed E-state index contributed by atoms with van der Waals surface area (Å²) in [5.41, 5.74) is 7.13. The smallest absolute Gasteiger partial charge is 0.148 e. The summed E-state index contributed by atoms with van der Waals surface area (Å²) in [6.45, 7) is 0. The molecule has 90 valence electrons. The van der Waals surface area contributed by atoms with Crippen molar-refractivity contribution in [2.75, 3.05) is 11.1 Å². The van der Waals surface area contributed by atoms with E-state index < -0.39 is 5.82 Å². The Morgan fingerprint density at radius 2 is 2.06 bits per heavy atom. The maximum absolute atomic E-state index is 13.6. The number of nitrogen functional groups attached to an aromatic ring is 1. The molecule has 0 aliphatic carbocycles. The maximum Gasteiger partial charge on any atom is 0.148 e. The van der Waals surface area contributed by atoms with E-state index in [0.29, 0.717) is 16.9 Å². The quantitative estimate of drug-likeness (QED) is 0.811. The van der Waals surface area contributed by atoms with Crippen LogP contribution in [0.2, 0.25) is 5.02 Å². The Bertz CT molecular complexity index is 614. The topological polar surface area (TPSA) is 61.8 Å². The number of hydrogen-bond acceptors (Lipinski definition) is 3. The standard InChI is InChI=1S/C13H9ClFN3/c14-10-2-1-3-11(15)13(10)18-9-5-4-8(7-16)12(17)6-9/h1-6,18H,17H2. The summed E-state index contributed by atoms with van der Waals surface area (Å²) in [7, 11) is 0. The van der Waals surface area contributed by atoms with E-state index in [1.807, 2.05) is 6.07 Å². The molecule has 2 aromatic carbocycles. The molecule has 3 N–H and O–H groups in total. The number of para-hydroxylation sites is 1. The number of benzene rings is 2. The number of nitrogens with zero attached hydrogens (tertiary/aromatic N) is 1. The van der Waals surface area contributed by atoms with Crippen molar-refractivity contribution in [2.45, 2.75) is 0 Å². The first-order valence-corrected chi connectivity index (χ1v) is 5.50. The van der Waals surface area contributed by atoms with Crippen LogP contribution in [0.15, 0.2) is 36.4 Å². The number of nitrogens with two attached hydrogens (primary N) is 1. The van der Waals surface area contributed by atoms with Crippen molar-refractivity contribution < 1.29 is 4.39 Å². The minimum Gasteiger partial charge on any atom is -0.398 e. The highest BCUT2D eigenvalue weighted by Crippen LogP contribution is 2.29. The fraction of sp³-hybridized carbons (Fsp3) is 0. The third-order valence-electron chi connectivity index (χ3n) is 2.40. The van der Waals surface area contributed by atoms with E-state index in [9.17, 15) is 4.39 Å². The van der Waals surface area contributed by atoms with Gasteiger partial charge in [-0.2, -0.15) is 5.26 Å². The van der Waals surface area contributed by atoms with Gasteiger partial charge in [0.05, 0.1) is 22.0 Å². The van der Waals surface area contributed by atoms with Crippen LogP contribution < -0.4 is 11.1 Å². The highest BCUT2D eigenvalue weighted by molar-refractivity contribution is 6.33. The van der Waals surface area contributed by atoms with E-state index in [1.54, 1.807) is 24.3 Å². The van der Waals surface area contributed by atoms with Crippen molar-refractivity contribution in [3.05, 3.63) is 52.8 Å². The number of anilines is 3. The summed E-state index contributed by atoms with van der Waals surface area (Å²) >= 11 is 5.89. The number of nitrogens with one attached hydrogen (secondary N) is 1. The molecule has 0 fully saturated rings. The zero-order chi connectivity index (χ0) is 13.1. The second-order valence-corrected chi connectivity index (χ2v) is 4.04. The van der Waals surface area contributed by atoms with Crippen molar-refractivity contribution in [1.29, 1.82) is 5.26 Å². The fourth-order valence-electron chi connectivity index (χ4n) is 1.50. The highest BCUT2D eigenvalue weighted by atomic mass is 35.5. The summed E-state index contributed by atoms with van der Waals surface area (Å²) in [5, 5.41) is 11.9. The van der Waals surface area contributed by atoms with Crippen LogP contribution in [0.3, 0.4) is 0 Å². The molecule has 18 heavy (non-hydrogen) atoms. The molecular weight excluding hydrogens is 253 g/mol. The zero-order valence-corrected chi connectivity index (χ0v) is 10.0. The van der Waals surface area contributed by atoms with Crippen molar-refractivity contribution in [3.8, 4) is 6.07 Å². The molecule has 2 rings (SSSR count). The van der Waals surface area contributed by atoms with Gasteiger partial charge in [0.15, 0.2) is 0 Å². The number of hydrogen-bond donors (Lipinski definition) is 2. The van der Waals surface area contributed by atoms with Crippen LogP contribution in [0.5, 0.6) is 0 Å². The zero-order valence-electron chi connectivity index (χ0n) is 9.24. The molecule has 0 spiro atoms. The van der Waals surface area contributed by atoms with E-state index in [2.05, 4.69) is 5.32 Å². The second-order valence-electron chi connectivity index (χ2n) is 3.64. The first-order valence-electron chi connectivity index (χ1n) is 5.12. The van der Waals surface area contributed by atoms with E-state index >= 15 is 0 Å². The average molecular weight is 262 g/mol. The lowest BCUT2D eigenvalue weighted by Gasteiger charge is -2.10. The van der Waals surface area contributed by atoms with Gasteiger partial charge in [-0.3, -0.25) is 0 Å². The van der Waals surface area contributed by atoms with E-state index in [-0.39, 0.29) is 10.7 Å². The molecule has 0 aliphatic heterocycles. The number of halogens is 2. The summed E-state index contributed by atoms with van der Waals surface area (Å²) < 4.78 is 13.6. The van der Waals surface area contributed by atoms with Crippen LogP contribution in [-0.2, 0) is 0 Å². The Morgan fingerprint density at radius 1 is 1.28 bits per heavy atom. The van der Waals surface area contributed by atoms with Gasteiger partial charge in [-0.25, -0.2) is 4.39 Å². The van der Waals surface area contributed by atoms with Gasteiger partial charge < -0.3 is 11.1 Å². The summed E-state index contributed by atoms with van der Waals surface area (Å²) in [4.78, 5) is 0. The van der Waals surface area contributed by atoms with Crippen LogP contribution in [0.25, 0.3) is 0 Å². The fourth-order valence-corrected chi connectivity index (χ4v) is 1.71. The first kappa shape index (κ1) is 12.2. The van der Waals surface area contributed by atoms with Gasteiger partial charge in [0, 0.05) is 5.69 Å². The minimum atomic E-state index is -0.453. The molecule has 0 saturated carbocycles. The lowest BCUT2D eigenvalue weighted by Crippen LogP contribution is -1.97. The van der Waals surface area contributed by atoms with Gasteiger partial charge in [0.2, 0.25) is 0 Å². The normalized spacial score (nSPS) is 9.83. The van der Waals surface area contributed by atoms with Crippen LogP contribution >= 0.6 is 11.6 Å². The van der Waals surface area contributed by atoms with Crippen molar-refractivity contribution in [2.24, 2.45) is 0 Å². The van der Waals surface area contributed by atoms with E-state index in [4.69, 9.17) is 22.6 Å². The minimum absolute atomic E-state index is 0.184. The summed E-state index contributed by atoms with van der Waals surface area (Å²) in [6, 6.07) is 11.1. The van der Waals surface area contributed by atoms with Gasteiger partial charge in [-0.15, -0.1) is 0 Å². The van der Waals surface area contributed by atoms with Gasteiger partial charge in [0.1, 0.15) is 11.9 Å². The molecule has 0 unspecified atom stereocenters. The Kier molecular flexibility index (Phi) is 3.35. The second kappa shape index (κ2) is 4.94. The Hall–Kier alpha value is -2.25. The van der Waals surface area contributed by atoms with Crippen molar-refractivity contribution in [1.82, 2.24) is 0 Å². The van der Waals surface area contributed by atoms with Gasteiger partial charge in [-0.1, -0.05) is 17.7 Å². The van der Waals surface area contributed by atoms with Gasteiger partial charge in [0.25, 0.3) is 0 Å². The SMILES string of the molecule is N#Cc1ccc(Nc2c(F)cccc2Cl)cc1N. The highest BCUT2D eigenvalue weighted by Gasteiger charge is 2.07. The largest absolute Gasteiger partial charge is 0.398 e. The molecule has 0 atom stereocenters. The molecule has 0 aliphatic rings. The molecular formula is C13H9ClFN3. The molecule has 0 aromatic heterocycles. The molecule has 0 saturated heterocycles. The Balaban J connectivity index is 2.35. The Labute approximate surface area is 109 Å². The van der Waals surface area contributed by atoms with E-state index in [0.717, 1.165) is 0 Å². The molecule has 0 amide bonds. The molecule has 0 radical (unpaired) electrons. The van der Waals surface area contributed by atoms with Crippen LogP contribution in [-0.4, -0.2) is 0 Å². The third kappa shape index (κ3) is 2.36. The predicted molar refractivity (Wildman–Crippen MR) is 70.3 cm³/mol. The van der Waals surface area contributed by atoms with Crippen molar-refractivity contribution in [3.63, 3.8) is 0 Å². The molecule has 5 heteroatoms. The van der Waals surface area contributed by atoms with Gasteiger partial charge >= 0.3 is 0 Å². The van der Waals surface area contributed by atoms with Gasteiger partial charge in [-0.05, 0) is 30.3 Å². The molecule has 0 heterocycles. The third-order valence-corrected chi connectivity index (χ3v) is 2.72. The van der Waals surface area contributed by atoms with Crippen LogP contribution in [0.1, 0.15) is 5.56 Å². The molecule has 2 aromatic rings. The molecule has 3 nitrogen and oxygen atoms in total. The number of rotatable bonds is 2.